The van der Waals surface area contributed by atoms with Gasteiger partial charge in [0.25, 0.3) is 0 Å². The van der Waals surface area contributed by atoms with Crippen LogP contribution in [-0.4, -0.2) is 45.4 Å². The topological polar surface area (TPSA) is 145 Å². The van der Waals surface area contributed by atoms with Gasteiger partial charge in [-0.15, -0.1) is 0 Å². The van der Waals surface area contributed by atoms with E-state index in [1.807, 2.05) is 0 Å². The zero-order valence-electron chi connectivity index (χ0n) is 8.04. The Morgan fingerprint density at radius 2 is 1.81 bits per heavy atom. The minimum absolute atomic E-state index is 0.596. The summed E-state index contributed by atoms with van der Waals surface area (Å²) >= 11 is 0. The van der Waals surface area contributed by atoms with E-state index in [1.165, 1.54) is 6.07 Å². The number of nitrogens with zero attached hydrogens (tertiary/aromatic N) is 1. The third-order valence-corrected chi connectivity index (χ3v) is 1.58. The van der Waals surface area contributed by atoms with Crippen molar-refractivity contribution in [1.82, 2.24) is 0 Å². The first-order valence-electron chi connectivity index (χ1n) is 4.02. The zero-order chi connectivity index (χ0) is 12.8. The molecular formula is C8H9NO7. The molecule has 0 aliphatic heterocycles. The minimum Gasteiger partial charge on any atom is -0.481 e. The number of rotatable bonds is 6. The maximum atomic E-state index is 10.9. The number of carboxylic acids is 2. The van der Waals surface area contributed by atoms with Crippen molar-refractivity contribution in [1.29, 1.82) is 5.26 Å². The average molecular weight is 231 g/mol. The molecule has 8 nitrogen and oxygen atoms in total. The molecule has 0 aromatic carbocycles. The summed E-state index contributed by atoms with van der Waals surface area (Å²) in [5.41, 5.74) is -2.72. The van der Waals surface area contributed by atoms with Crippen LogP contribution in [0.3, 0.4) is 0 Å². The SMILES string of the molecule is N#CCOC(=O)CC(O)(CC(=O)O)C(=O)O. The molecule has 1 atom stereocenters. The summed E-state index contributed by atoms with van der Waals surface area (Å²) in [6, 6.07) is 1.47. The summed E-state index contributed by atoms with van der Waals surface area (Å²) in [6.45, 7) is -0.596. The molecule has 3 N–H and O–H groups in total. The summed E-state index contributed by atoms with van der Waals surface area (Å²) in [6.07, 6.45) is -2.17. The van der Waals surface area contributed by atoms with Gasteiger partial charge < -0.3 is 20.1 Å². The van der Waals surface area contributed by atoms with Crippen LogP contribution in [0.1, 0.15) is 12.8 Å². The van der Waals surface area contributed by atoms with E-state index in [2.05, 4.69) is 4.74 Å². The monoisotopic (exact) mass is 231 g/mol. The van der Waals surface area contributed by atoms with E-state index in [1.54, 1.807) is 0 Å². The molecule has 0 rings (SSSR count). The molecule has 0 aliphatic rings. The summed E-state index contributed by atoms with van der Waals surface area (Å²) in [4.78, 5) is 31.8. The van der Waals surface area contributed by atoms with Gasteiger partial charge in [0.1, 0.15) is 6.07 Å². The standard InChI is InChI=1S/C8H9NO7/c9-1-2-16-6(12)4-8(15,7(13)14)3-5(10)11/h15H,2-4H2,(H,10,11)(H,13,14). The number of aliphatic carboxylic acids is 2. The Hall–Kier alpha value is -2.14. The summed E-state index contributed by atoms with van der Waals surface area (Å²) < 4.78 is 4.20. The van der Waals surface area contributed by atoms with Crippen LogP contribution in [0.4, 0.5) is 0 Å². The number of ether oxygens (including phenoxy) is 1. The van der Waals surface area contributed by atoms with Crippen LogP contribution in [0.25, 0.3) is 0 Å². The Morgan fingerprint density at radius 3 is 2.19 bits per heavy atom. The highest BCUT2D eigenvalue weighted by atomic mass is 16.5. The number of hydrogen-bond acceptors (Lipinski definition) is 6. The second-order valence-corrected chi connectivity index (χ2v) is 2.90. The molecule has 0 fully saturated rings. The van der Waals surface area contributed by atoms with E-state index >= 15 is 0 Å². The van der Waals surface area contributed by atoms with Gasteiger partial charge in [0.15, 0.2) is 12.2 Å². The van der Waals surface area contributed by atoms with E-state index in [9.17, 15) is 19.5 Å². The molecule has 88 valence electrons. The second kappa shape index (κ2) is 5.67. The van der Waals surface area contributed by atoms with Crippen molar-refractivity contribution in [3.8, 4) is 6.07 Å². The molecule has 0 aliphatic carbocycles. The average Bonchev–Trinajstić information content (AvgIpc) is 2.12. The highest BCUT2D eigenvalue weighted by molar-refractivity contribution is 5.88. The van der Waals surface area contributed by atoms with Crippen LogP contribution in [0.5, 0.6) is 0 Å². The Kier molecular flexibility index (Phi) is 4.91. The molecule has 0 amide bonds. The number of aliphatic hydroxyl groups is 1. The molecule has 16 heavy (non-hydrogen) atoms. The summed E-state index contributed by atoms with van der Waals surface area (Å²) in [5, 5.41) is 34.4. The Balaban J connectivity index is 4.57. The van der Waals surface area contributed by atoms with Gasteiger partial charge in [0.2, 0.25) is 0 Å². The minimum atomic E-state index is -2.72. The van der Waals surface area contributed by atoms with Crippen LogP contribution in [-0.2, 0) is 19.1 Å². The van der Waals surface area contributed by atoms with Gasteiger partial charge in [-0.2, -0.15) is 5.26 Å². The van der Waals surface area contributed by atoms with E-state index in [0.717, 1.165) is 0 Å². The van der Waals surface area contributed by atoms with Gasteiger partial charge in [-0.3, -0.25) is 9.59 Å². The molecular weight excluding hydrogens is 222 g/mol. The van der Waals surface area contributed by atoms with Crippen molar-refractivity contribution in [3.63, 3.8) is 0 Å². The van der Waals surface area contributed by atoms with Gasteiger partial charge >= 0.3 is 17.9 Å². The van der Waals surface area contributed by atoms with Gasteiger partial charge in [0, 0.05) is 0 Å². The molecule has 0 bridgehead atoms. The molecule has 0 spiro atoms. The van der Waals surface area contributed by atoms with Crippen molar-refractivity contribution < 1.29 is 34.4 Å². The van der Waals surface area contributed by atoms with E-state index in [0.29, 0.717) is 0 Å². The summed E-state index contributed by atoms with van der Waals surface area (Å²) in [7, 11) is 0. The summed E-state index contributed by atoms with van der Waals surface area (Å²) in [5.74, 6) is -4.57. The van der Waals surface area contributed by atoms with Crippen LogP contribution in [0.15, 0.2) is 0 Å². The first-order valence-corrected chi connectivity index (χ1v) is 4.02. The van der Waals surface area contributed by atoms with Gasteiger partial charge in [-0.25, -0.2) is 4.79 Å². The lowest BCUT2D eigenvalue weighted by molar-refractivity contribution is -0.171. The number of carbonyl (C=O) groups excluding carboxylic acids is 1. The van der Waals surface area contributed by atoms with Crippen molar-refractivity contribution >= 4 is 17.9 Å². The molecule has 1 unspecified atom stereocenters. The van der Waals surface area contributed by atoms with Gasteiger partial charge in [-0.1, -0.05) is 0 Å². The smallest absolute Gasteiger partial charge is 0.336 e. The van der Waals surface area contributed by atoms with E-state index < -0.39 is 43.0 Å². The molecule has 0 heterocycles. The lowest BCUT2D eigenvalue weighted by atomic mass is 9.96. The number of carboxylic acid groups (broad SMARTS) is 2. The van der Waals surface area contributed by atoms with Crippen LogP contribution in [0, 0.1) is 11.3 Å². The number of hydrogen-bond donors (Lipinski definition) is 3. The molecule has 0 aromatic heterocycles. The normalized spacial score (nSPS) is 13.2. The van der Waals surface area contributed by atoms with Crippen LogP contribution < -0.4 is 0 Å². The fourth-order valence-corrected chi connectivity index (χ4v) is 0.866. The zero-order valence-corrected chi connectivity index (χ0v) is 8.04. The maximum Gasteiger partial charge on any atom is 0.336 e. The van der Waals surface area contributed by atoms with Crippen molar-refractivity contribution in [2.75, 3.05) is 6.61 Å². The molecule has 0 saturated carbocycles. The van der Waals surface area contributed by atoms with Gasteiger partial charge in [-0.05, 0) is 0 Å². The predicted octanol–water partition coefficient (Wildman–Crippen LogP) is -1.27. The lowest BCUT2D eigenvalue weighted by Gasteiger charge is -2.19. The number of carbonyl (C=O) groups is 3. The van der Waals surface area contributed by atoms with Gasteiger partial charge in [0.05, 0.1) is 12.8 Å². The van der Waals surface area contributed by atoms with Crippen molar-refractivity contribution in [2.24, 2.45) is 0 Å². The molecule has 0 radical (unpaired) electrons. The third-order valence-electron chi connectivity index (χ3n) is 1.58. The Morgan fingerprint density at radius 1 is 1.25 bits per heavy atom. The van der Waals surface area contributed by atoms with Crippen molar-refractivity contribution in [2.45, 2.75) is 18.4 Å². The van der Waals surface area contributed by atoms with E-state index in [-0.39, 0.29) is 0 Å². The molecule has 8 heteroatoms. The van der Waals surface area contributed by atoms with Crippen LogP contribution >= 0.6 is 0 Å². The number of esters is 1. The third kappa shape index (κ3) is 4.39. The largest absolute Gasteiger partial charge is 0.481 e. The molecule has 0 saturated heterocycles. The second-order valence-electron chi connectivity index (χ2n) is 2.90. The molecule has 0 aromatic rings. The van der Waals surface area contributed by atoms with Crippen molar-refractivity contribution in [3.05, 3.63) is 0 Å². The fraction of sp³-hybridized carbons (Fsp3) is 0.500. The maximum absolute atomic E-state index is 10.9. The first kappa shape index (κ1) is 13.9. The van der Waals surface area contributed by atoms with E-state index in [4.69, 9.17) is 15.5 Å². The Bertz CT molecular complexity index is 345. The highest BCUT2D eigenvalue weighted by Crippen LogP contribution is 2.16. The first-order chi connectivity index (χ1) is 7.31. The Labute approximate surface area is 89.7 Å². The quantitative estimate of drug-likeness (QED) is 0.480. The fourth-order valence-electron chi connectivity index (χ4n) is 0.866. The number of nitriles is 1. The lowest BCUT2D eigenvalue weighted by Crippen LogP contribution is -2.43. The predicted molar refractivity (Wildman–Crippen MR) is 46.0 cm³/mol. The van der Waals surface area contributed by atoms with Crippen LogP contribution in [0.2, 0.25) is 0 Å². The highest BCUT2D eigenvalue weighted by Gasteiger charge is 2.41.